The largest absolute Gasteiger partial charge is 0.486 e. The number of aromatic nitrogens is 3. The fourth-order valence-electron chi connectivity index (χ4n) is 7.41. The summed E-state index contributed by atoms with van der Waals surface area (Å²) in [7, 11) is 0. The van der Waals surface area contributed by atoms with Gasteiger partial charge in [0.2, 0.25) is 0 Å². The monoisotopic (exact) mass is 626 g/mol. The highest BCUT2D eigenvalue weighted by Gasteiger charge is 2.20. The molecule has 0 saturated carbocycles. The number of hydrogen-bond acceptors (Lipinski definition) is 6. The Bertz CT molecular complexity index is 1040. The van der Waals surface area contributed by atoms with Gasteiger partial charge in [-0.25, -0.2) is 9.67 Å². The van der Waals surface area contributed by atoms with Crippen LogP contribution in [-0.2, 0) is 19.6 Å². The third kappa shape index (κ3) is 11.9. The Labute approximate surface area is 272 Å². The standard InChI is InChI=1S/C36H59ClN6O/c37-33-15-17-34(18-16-33)44-31-35-38-36(14-5-1-2-6-21-40-22-7-3-8-23-40)43(39-35)28-11-13-32-19-29-42(30-20-32)27-12-26-41-24-9-4-10-25-41/h15-18,32H,1-14,19-31H2. The van der Waals surface area contributed by atoms with Gasteiger partial charge in [0, 0.05) is 18.0 Å². The van der Waals surface area contributed by atoms with Crippen molar-refractivity contribution < 1.29 is 4.74 Å². The van der Waals surface area contributed by atoms with Crippen molar-refractivity contribution in [1.82, 2.24) is 29.5 Å². The lowest BCUT2D eigenvalue weighted by atomic mass is 9.92. The van der Waals surface area contributed by atoms with Gasteiger partial charge in [0.1, 0.15) is 18.2 Å². The first-order valence-electron chi connectivity index (χ1n) is 18.2. The number of rotatable bonds is 18. The molecule has 0 N–H and O–H groups in total. The highest BCUT2D eigenvalue weighted by Crippen LogP contribution is 2.23. The topological polar surface area (TPSA) is 49.7 Å². The van der Waals surface area contributed by atoms with Gasteiger partial charge >= 0.3 is 0 Å². The van der Waals surface area contributed by atoms with Crippen LogP contribution >= 0.6 is 11.6 Å². The van der Waals surface area contributed by atoms with Gasteiger partial charge in [0.05, 0.1) is 0 Å². The molecule has 0 bridgehead atoms. The Hall–Kier alpha value is -1.67. The molecule has 0 aliphatic carbocycles. The van der Waals surface area contributed by atoms with Crippen LogP contribution in [0.4, 0.5) is 0 Å². The van der Waals surface area contributed by atoms with Crippen LogP contribution in [0, 0.1) is 5.92 Å². The van der Waals surface area contributed by atoms with Crippen molar-refractivity contribution in [2.45, 2.75) is 116 Å². The second-order valence-electron chi connectivity index (χ2n) is 13.7. The Morgan fingerprint density at radius 1 is 0.659 bits per heavy atom. The van der Waals surface area contributed by atoms with Crippen LogP contribution in [0.2, 0.25) is 5.02 Å². The predicted molar refractivity (Wildman–Crippen MR) is 182 cm³/mol. The maximum Gasteiger partial charge on any atom is 0.188 e. The minimum Gasteiger partial charge on any atom is -0.486 e. The van der Waals surface area contributed by atoms with Gasteiger partial charge < -0.3 is 19.4 Å². The third-order valence-electron chi connectivity index (χ3n) is 10.1. The molecule has 1 aromatic carbocycles. The summed E-state index contributed by atoms with van der Waals surface area (Å²) >= 11 is 6.04. The molecule has 4 heterocycles. The molecule has 0 unspecified atom stereocenters. The highest BCUT2D eigenvalue weighted by atomic mass is 35.5. The fraction of sp³-hybridized carbons (Fsp3) is 0.778. The number of likely N-dealkylation sites (tertiary alicyclic amines) is 3. The van der Waals surface area contributed by atoms with Crippen molar-refractivity contribution >= 4 is 11.6 Å². The van der Waals surface area contributed by atoms with Crippen molar-refractivity contribution in [3.05, 3.63) is 40.9 Å². The van der Waals surface area contributed by atoms with Crippen LogP contribution in [0.15, 0.2) is 24.3 Å². The van der Waals surface area contributed by atoms with Crippen LogP contribution in [0.1, 0.15) is 108 Å². The second-order valence-corrected chi connectivity index (χ2v) is 14.1. The molecule has 3 saturated heterocycles. The number of nitrogens with zero attached hydrogens (tertiary/aromatic N) is 6. The molecule has 44 heavy (non-hydrogen) atoms. The molecule has 0 spiro atoms. The molecule has 0 amide bonds. The summed E-state index contributed by atoms with van der Waals surface area (Å²) in [6.45, 7) is 13.0. The van der Waals surface area contributed by atoms with Gasteiger partial charge in [-0.3, -0.25) is 0 Å². The normalized spacial score (nSPS) is 19.5. The molecule has 5 rings (SSSR count). The highest BCUT2D eigenvalue weighted by molar-refractivity contribution is 6.30. The third-order valence-corrected chi connectivity index (χ3v) is 10.4. The lowest BCUT2D eigenvalue weighted by Gasteiger charge is -2.33. The molecule has 1 aromatic heterocycles. The van der Waals surface area contributed by atoms with E-state index in [4.69, 9.17) is 26.4 Å². The molecule has 0 radical (unpaired) electrons. The smallest absolute Gasteiger partial charge is 0.188 e. The molecule has 3 fully saturated rings. The summed E-state index contributed by atoms with van der Waals surface area (Å²) in [6, 6.07) is 7.54. The Morgan fingerprint density at radius 2 is 1.27 bits per heavy atom. The average Bonchev–Trinajstić information content (AvgIpc) is 3.45. The van der Waals surface area contributed by atoms with Crippen LogP contribution in [0.5, 0.6) is 5.75 Å². The Balaban J connectivity index is 1.02. The van der Waals surface area contributed by atoms with Gasteiger partial charge in [-0.15, -0.1) is 0 Å². The van der Waals surface area contributed by atoms with Crippen LogP contribution in [0.25, 0.3) is 0 Å². The van der Waals surface area contributed by atoms with E-state index < -0.39 is 0 Å². The van der Waals surface area contributed by atoms with Crippen molar-refractivity contribution in [2.75, 3.05) is 58.9 Å². The molecule has 2 aromatic rings. The SMILES string of the molecule is Clc1ccc(OCc2nc(CCCCCCN3CCCCC3)n(CCCC3CCN(CCCN4CCCCC4)CC3)n2)cc1. The first-order valence-corrected chi connectivity index (χ1v) is 18.6. The lowest BCUT2D eigenvalue weighted by Crippen LogP contribution is -2.37. The fourth-order valence-corrected chi connectivity index (χ4v) is 7.54. The first kappa shape index (κ1) is 33.7. The van der Waals surface area contributed by atoms with E-state index in [9.17, 15) is 0 Å². The Kier molecular flexibility index (Phi) is 14.6. The summed E-state index contributed by atoms with van der Waals surface area (Å²) in [5.74, 6) is 3.59. The summed E-state index contributed by atoms with van der Waals surface area (Å²) in [6.07, 6.45) is 21.1. The minimum atomic E-state index is 0.397. The molecular weight excluding hydrogens is 568 g/mol. The maximum absolute atomic E-state index is 6.04. The predicted octanol–water partition coefficient (Wildman–Crippen LogP) is 7.47. The zero-order valence-corrected chi connectivity index (χ0v) is 28.2. The van der Waals surface area contributed by atoms with Crippen molar-refractivity contribution in [2.24, 2.45) is 5.92 Å². The van der Waals surface area contributed by atoms with E-state index in [-0.39, 0.29) is 0 Å². The van der Waals surface area contributed by atoms with Gasteiger partial charge in [0.15, 0.2) is 5.82 Å². The van der Waals surface area contributed by atoms with Gasteiger partial charge in [-0.2, -0.15) is 5.10 Å². The van der Waals surface area contributed by atoms with Crippen LogP contribution in [-0.4, -0.2) is 88.4 Å². The van der Waals surface area contributed by atoms with Gasteiger partial charge in [-0.05, 0) is 160 Å². The van der Waals surface area contributed by atoms with Crippen molar-refractivity contribution in [3.8, 4) is 5.75 Å². The number of halogens is 1. The molecule has 8 heteroatoms. The van der Waals surface area contributed by atoms with E-state index in [0.717, 1.165) is 41.3 Å². The van der Waals surface area contributed by atoms with Crippen LogP contribution in [0.3, 0.4) is 0 Å². The van der Waals surface area contributed by atoms with Gasteiger partial charge in [0.25, 0.3) is 0 Å². The number of benzene rings is 1. The molecule has 7 nitrogen and oxygen atoms in total. The first-order chi connectivity index (χ1) is 21.7. The average molecular weight is 627 g/mol. The molecule has 246 valence electrons. The zero-order valence-electron chi connectivity index (χ0n) is 27.4. The summed E-state index contributed by atoms with van der Waals surface area (Å²) in [5, 5.41) is 5.64. The molecule has 3 aliphatic heterocycles. The molecule has 3 aliphatic rings. The van der Waals surface area contributed by atoms with Crippen molar-refractivity contribution in [1.29, 1.82) is 0 Å². The zero-order chi connectivity index (χ0) is 30.2. The van der Waals surface area contributed by atoms with E-state index in [0.29, 0.717) is 6.61 Å². The number of aryl methyl sites for hydroxylation is 2. The summed E-state index contributed by atoms with van der Waals surface area (Å²) in [5.41, 5.74) is 0. The van der Waals surface area contributed by atoms with E-state index in [2.05, 4.69) is 19.4 Å². The number of piperidine rings is 3. The van der Waals surface area contributed by atoms with Crippen molar-refractivity contribution in [3.63, 3.8) is 0 Å². The number of ether oxygens (including phenoxy) is 1. The van der Waals surface area contributed by atoms with E-state index in [1.807, 2.05) is 24.3 Å². The quantitative estimate of drug-likeness (QED) is 0.160. The summed E-state index contributed by atoms with van der Waals surface area (Å²) < 4.78 is 8.19. The van der Waals surface area contributed by atoms with E-state index >= 15 is 0 Å². The number of hydrogen-bond donors (Lipinski definition) is 0. The summed E-state index contributed by atoms with van der Waals surface area (Å²) in [4.78, 5) is 13.0. The Morgan fingerprint density at radius 3 is 1.95 bits per heavy atom. The molecular formula is C36H59ClN6O. The lowest BCUT2D eigenvalue weighted by molar-refractivity contribution is 0.159. The second kappa shape index (κ2) is 19.1. The minimum absolute atomic E-state index is 0.397. The number of unbranched alkanes of at least 4 members (excludes halogenated alkanes) is 3. The van der Waals surface area contributed by atoms with E-state index in [1.165, 1.54) is 155 Å². The van der Waals surface area contributed by atoms with E-state index in [1.54, 1.807) is 0 Å². The maximum atomic E-state index is 6.04. The van der Waals surface area contributed by atoms with Crippen LogP contribution < -0.4 is 4.74 Å². The van der Waals surface area contributed by atoms with Gasteiger partial charge in [-0.1, -0.05) is 37.3 Å². The molecule has 0 atom stereocenters.